The van der Waals surface area contributed by atoms with E-state index >= 15 is 0 Å². The molecule has 2 rings (SSSR count). The second-order valence-electron chi connectivity index (χ2n) is 14.6. The van der Waals surface area contributed by atoms with Crippen LogP contribution in [0.4, 0.5) is 0 Å². The van der Waals surface area contributed by atoms with Gasteiger partial charge in [0.05, 0.1) is 0 Å². The molecule has 0 nitrogen and oxygen atoms in total. The zero-order valence-electron chi connectivity index (χ0n) is 24.3. The Balaban J connectivity index is 2.70. The molecule has 0 saturated heterocycles. The third-order valence-corrected chi connectivity index (χ3v) is 13.2. The van der Waals surface area contributed by atoms with E-state index in [-0.39, 0.29) is 0 Å². The molecule has 0 heteroatoms. The maximum Gasteiger partial charge on any atom is -0.0241 e. The summed E-state index contributed by atoms with van der Waals surface area (Å²) in [6.07, 6.45) is 2.78. The van der Waals surface area contributed by atoms with E-state index in [1.54, 1.807) is 0 Å². The van der Waals surface area contributed by atoms with E-state index in [2.05, 4.69) is 104 Å². The minimum atomic E-state index is 0.365. The van der Waals surface area contributed by atoms with Crippen LogP contribution in [0.25, 0.3) is 0 Å². The lowest BCUT2D eigenvalue weighted by molar-refractivity contribution is -0.147. The Kier molecular flexibility index (Phi) is 7.89. The van der Waals surface area contributed by atoms with E-state index in [9.17, 15) is 0 Å². The van der Waals surface area contributed by atoms with Gasteiger partial charge in [-0.2, -0.15) is 0 Å². The van der Waals surface area contributed by atoms with Crippen LogP contribution in [-0.2, 0) is 0 Å². The summed E-state index contributed by atoms with van der Waals surface area (Å²) in [7, 11) is 0. The summed E-state index contributed by atoms with van der Waals surface area (Å²) in [6.45, 7) is 38.8. The smallest absolute Gasteiger partial charge is 0.0241 e. The Morgan fingerprint density at radius 2 is 1.19 bits per heavy atom. The predicted octanol–water partition coefficient (Wildman–Crippen LogP) is 9.83. The van der Waals surface area contributed by atoms with Crippen molar-refractivity contribution in [2.24, 2.45) is 81.3 Å². The van der Waals surface area contributed by atoms with Gasteiger partial charge >= 0.3 is 0 Å². The van der Waals surface area contributed by atoms with Crippen LogP contribution in [0.2, 0.25) is 0 Å². The number of hydrogen-bond acceptors (Lipinski definition) is 0. The first-order valence-electron chi connectivity index (χ1n) is 13.9. The highest BCUT2D eigenvalue weighted by molar-refractivity contribution is 5.06. The molecule has 31 heavy (non-hydrogen) atoms. The van der Waals surface area contributed by atoms with Gasteiger partial charge in [-0.15, -0.1) is 0 Å². The van der Waals surface area contributed by atoms with E-state index in [1.807, 2.05) is 0 Å². The lowest BCUT2D eigenvalue weighted by atomic mass is 9.42. The highest BCUT2D eigenvalue weighted by atomic mass is 14.6. The summed E-state index contributed by atoms with van der Waals surface area (Å²) in [5.74, 6) is 8.61. The maximum atomic E-state index is 2.69. The summed E-state index contributed by atoms with van der Waals surface area (Å²) in [4.78, 5) is 0. The Bertz CT molecular complexity index is 599. The third kappa shape index (κ3) is 4.18. The molecule has 184 valence electrons. The van der Waals surface area contributed by atoms with Gasteiger partial charge in [0.1, 0.15) is 0 Å². The van der Waals surface area contributed by atoms with Gasteiger partial charge in [0.25, 0.3) is 0 Å². The topological polar surface area (TPSA) is 0 Å². The highest BCUT2D eigenvalue weighted by Crippen LogP contribution is 2.64. The van der Waals surface area contributed by atoms with Crippen molar-refractivity contribution in [2.45, 2.75) is 117 Å². The number of hydrogen-bond donors (Lipinski definition) is 0. The average molecular weight is 433 g/mol. The Morgan fingerprint density at radius 1 is 0.677 bits per heavy atom. The van der Waals surface area contributed by atoms with Crippen molar-refractivity contribution >= 4 is 0 Å². The molecular formula is C31H60. The van der Waals surface area contributed by atoms with Crippen LogP contribution in [0.5, 0.6) is 0 Å². The van der Waals surface area contributed by atoms with E-state index < -0.39 is 0 Å². The van der Waals surface area contributed by atoms with Crippen LogP contribution in [0.1, 0.15) is 117 Å². The summed E-state index contributed by atoms with van der Waals surface area (Å²) in [5, 5.41) is 0. The SMILES string of the molecule is CC1CC(C)(C(C)C)C(C)C(C)(C)C(C)CC2C(C)C(C)C(C)C(C)(C(C)C)C2C1C. The minimum Gasteiger partial charge on any atom is -0.0622 e. The second-order valence-corrected chi connectivity index (χ2v) is 14.6. The van der Waals surface area contributed by atoms with Gasteiger partial charge in [-0.05, 0) is 94.2 Å². The average Bonchev–Trinajstić information content (AvgIpc) is 2.68. The van der Waals surface area contributed by atoms with Gasteiger partial charge < -0.3 is 0 Å². The maximum absolute atomic E-state index is 2.69. The van der Waals surface area contributed by atoms with Crippen LogP contribution >= 0.6 is 0 Å². The molecule has 0 heterocycles. The van der Waals surface area contributed by atoms with Crippen molar-refractivity contribution in [3.8, 4) is 0 Å². The molecule has 11 unspecified atom stereocenters. The van der Waals surface area contributed by atoms with Crippen LogP contribution < -0.4 is 0 Å². The molecule has 0 bridgehead atoms. The Hall–Kier alpha value is 0. The molecule has 0 spiro atoms. The van der Waals surface area contributed by atoms with E-state index in [1.165, 1.54) is 12.8 Å². The first kappa shape index (κ1) is 27.2. The molecule has 2 saturated carbocycles. The van der Waals surface area contributed by atoms with Gasteiger partial charge in [-0.3, -0.25) is 0 Å². The molecule has 2 aliphatic rings. The molecule has 0 N–H and O–H groups in total. The van der Waals surface area contributed by atoms with Crippen LogP contribution in [0.3, 0.4) is 0 Å². The lowest BCUT2D eigenvalue weighted by Gasteiger charge is -2.63. The molecule has 2 aliphatic carbocycles. The van der Waals surface area contributed by atoms with Crippen LogP contribution in [0, 0.1) is 81.3 Å². The molecule has 0 aromatic rings. The summed E-state index contributed by atoms with van der Waals surface area (Å²) < 4.78 is 0. The largest absolute Gasteiger partial charge is 0.0622 e. The summed E-state index contributed by atoms with van der Waals surface area (Å²) >= 11 is 0. The van der Waals surface area contributed by atoms with Gasteiger partial charge in [-0.1, -0.05) is 104 Å². The highest BCUT2D eigenvalue weighted by Gasteiger charge is 2.57. The van der Waals surface area contributed by atoms with Crippen molar-refractivity contribution in [2.75, 3.05) is 0 Å². The first-order chi connectivity index (χ1) is 13.9. The molecule has 11 atom stereocenters. The fourth-order valence-corrected chi connectivity index (χ4v) is 8.87. The monoisotopic (exact) mass is 432 g/mol. The fraction of sp³-hybridized carbons (Fsp3) is 1.00. The lowest BCUT2D eigenvalue weighted by Crippen LogP contribution is -2.57. The fourth-order valence-electron chi connectivity index (χ4n) is 8.87. The number of rotatable bonds is 2. The normalized spacial score (nSPS) is 51.6. The molecule has 0 aromatic heterocycles. The van der Waals surface area contributed by atoms with E-state index in [0.29, 0.717) is 16.2 Å². The van der Waals surface area contributed by atoms with Crippen molar-refractivity contribution < 1.29 is 0 Å². The molecular weight excluding hydrogens is 372 g/mol. The van der Waals surface area contributed by atoms with Gasteiger partial charge in [0.15, 0.2) is 0 Å². The van der Waals surface area contributed by atoms with Crippen molar-refractivity contribution in [1.82, 2.24) is 0 Å². The minimum absolute atomic E-state index is 0.365. The van der Waals surface area contributed by atoms with Crippen molar-refractivity contribution in [3.05, 3.63) is 0 Å². The zero-order chi connectivity index (χ0) is 24.3. The number of fused-ring (bicyclic) bond motifs is 1. The van der Waals surface area contributed by atoms with Crippen LogP contribution in [-0.4, -0.2) is 0 Å². The third-order valence-electron chi connectivity index (χ3n) is 13.2. The van der Waals surface area contributed by atoms with Crippen LogP contribution in [0.15, 0.2) is 0 Å². The summed E-state index contributed by atoms with van der Waals surface area (Å²) in [6, 6.07) is 0. The molecule has 0 amide bonds. The van der Waals surface area contributed by atoms with Crippen molar-refractivity contribution in [1.29, 1.82) is 0 Å². The molecule has 0 aliphatic heterocycles. The zero-order valence-corrected chi connectivity index (χ0v) is 24.3. The standard InChI is InChI=1S/C31H60/c1-18(2)30(14)17-20(5)22(7)28-27(16-21(6)29(12,13)26(30)11)24(9)23(8)25(10)31(28,15)19(3)4/h18-28H,16-17H2,1-15H3. The molecule has 0 radical (unpaired) electrons. The quantitative estimate of drug-likeness (QED) is 0.407. The Morgan fingerprint density at radius 3 is 1.65 bits per heavy atom. The van der Waals surface area contributed by atoms with Gasteiger partial charge in [0, 0.05) is 0 Å². The van der Waals surface area contributed by atoms with E-state index in [4.69, 9.17) is 0 Å². The van der Waals surface area contributed by atoms with Crippen molar-refractivity contribution in [3.63, 3.8) is 0 Å². The van der Waals surface area contributed by atoms with E-state index in [0.717, 1.165) is 65.1 Å². The molecule has 2 fully saturated rings. The predicted molar refractivity (Wildman–Crippen MR) is 140 cm³/mol. The Labute approximate surface area is 198 Å². The van der Waals surface area contributed by atoms with Gasteiger partial charge in [-0.25, -0.2) is 0 Å². The first-order valence-corrected chi connectivity index (χ1v) is 13.9. The summed E-state index contributed by atoms with van der Waals surface area (Å²) in [5.41, 5.74) is 1.18. The van der Waals surface area contributed by atoms with Gasteiger partial charge in [0.2, 0.25) is 0 Å². The second kappa shape index (κ2) is 8.98. The molecule has 0 aromatic carbocycles.